The summed E-state index contributed by atoms with van der Waals surface area (Å²) < 4.78 is 0. The maximum absolute atomic E-state index is 4.31. The van der Waals surface area contributed by atoms with Crippen molar-refractivity contribution in [1.29, 1.82) is 0 Å². The van der Waals surface area contributed by atoms with Crippen molar-refractivity contribution in [1.82, 2.24) is 0 Å². The van der Waals surface area contributed by atoms with E-state index in [0.29, 0.717) is 0 Å². The Labute approximate surface area is 496 Å². The molecule has 0 amide bonds. The topological polar surface area (TPSA) is 0 Å². The van der Waals surface area contributed by atoms with Crippen molar-refractivity contribution < 1.29 is 0 Å². The van der Waals surface area contributed by atoms with Crippen LogP contribution in [0.15, 0.2) is 12.1 Å². The zero-order valence-corrected chi connectivity index (χ0v) is 54.9. The van der Waals surface area contributed by atoms with Crippen LogP contribution in [0.1, 0.15) is 454 Å². The van der Waals surface area contributed by atoms with Gasteiger partial charge in [-0.2, -0.15) is 0 Å². The third-order valence-corrected chi connectivity index (χ3v) is 18.6. The maximum Gasteiger partial charge on any atom is -0.0273 e. The lowest BCUT2D eigenvalue weighted by Gasteiger charge is -2.18. The molecule has 0 aliphatic carbocycles. The second-order valence-corrected chi connectivity index (χ2v) is 26.5. The van der Waals surface area contributed by atoms with Crippen LogP contribution in [0.4, 0.5) is 0 Å². The highest BCUT2D eigenvalue weighted by molar-refractivity contribution is 5.40. The Bertz CT molecular complexity index is 1170. The minimum absolute atomic E-state index is 1.02. The second-order valence-electron chi connectivity index (χ2n) is 26.5. The third-order valence-electron chi connectivity index (χ3n) is 18.6. The molecule has 461 valence electrons. The molecule has 0 heteroatoms. The molecule has 0 aliphatic heterocycles. The van der Waals surface area contributed by atoms with Crippen molar-refractivity contribution in [2.24, 2.45) is 0 Å². The molecule has 0 spiro atoms. The zero-order chi connectivity index (χ0) is 55.8. The van der Waals surface area contributed by atoms with E-state index in [1.165, 1.54) is 424 Å². The third kappa shape index (κ3) is 54.5. The van der Waals surface area contributed by atoms with Crippen LogP contribution >= 0.6 is 0 Å². The molecular weight excluding hydrogens is 937 g/mol. The minimum Gasteiger partial charge on any atom is -0.0654 e. The van der Waals surface area contributed by atoms with Gasteiger partial charge >= 0.3 is 0 Å². The normalized spacial score (nSPS) is 11.7. The molecule has 0 aliphatic rings. The van der Waals surface area contributed by atoms with Gasteiger partial charge in [-0.05, 0) is 73.6 Å². The van der Waals surface area contributed by atoms with Crippen molar-refractivity contribution >= 4 is 0 Å². The molecule has 0 N–H and O–H groups in total. The van der Waals surface area contributed by atoms with Crippen LogP contribution in [0, 0.1) is 6.92 Å². The van der Waals surface area contributed by atoms with Gasteiger partial charge in [0.2, 0.25) is 0 Å². The SMILES string of the molecule is [CH2]CCc1cc(CCCCCCCCCCCCCCCCCCCCCCC)c(CCCCCCCCCCCCCCCCCCCCCCC)c(CCCCCCCCCCCCCCCCCCCCCCC)c1. The fourth-order valence-corrected chi connectivity index (χ4v) is 13.2. The number of unbranched alkanes of at least 4 members (excludes halogenated alkanes) is 60. The Morgan fingerprint density at radius 3 is 0.513 bits per heavy atom. The molecule has 0 bridgehead atoms. The highest BCUT2D eigenvalue weighted by atomic mass is 14.2. The standard InChI is InChI=1S/C78H149/c1-5-9-12-15-18-21-24-27-30-33-36-39-42-45-48-51-54-57-60-63-66-70-76-73-75(69-8-4)74-77(71-67-64-61-58-55-52-49-46-43-40-37-34-31-28-25-22-19-16-13-10-6-2)78(76)72-68-65-62-59-56-53-50-47-44-41-38-35-32-29-26-23-20-17-14-11-7-3/h73-74H,4-72H2,1-3H3. The lowest BCUT2D eigenvalue weighted by atomic mass is 9.87. The number of benzene rings is 1. The Morgan fingerprint density at radius 1 is 0.192 bits per heavy atom. The van der Waals surface area contributed by atoms with E-state index in [-0.39, 0.29) is 0 Å². The second kappa shape index (κ2) is 65.4. The average molecular weight is 1090 g/mol. The van der Waals surface area contributed by atoms with Crippen LogP contribution in [0.3, 0.4) is 0 Å². The molecule has 0 atom stereocenters. The first-order valence-corrected chi connectivity index (χ1v) is 37.7. The van der Waals surface area contributed by atoms with E-state index in [0.717, 1.165) is 12.8 Å². The van der Waals surface area contributed by atoms with Crippen molar-refractivity contribution in [3.05, 3.63) is 41.3 Å². The van der Waals surface area contributed by atoms with Gasteiger partial charge in [0.25, 0.3) is 0 Å². The highest BCUT2D eigenvalue weighted by Gasteiger charge is 2.12. The van der Waals surface area contributed by atoms with Gasteiger partial charge in [-0.15, -0.1) is 0 Å². The van der Waals surface area contributed by atoms with Crippen LogP contribution < -0.4 is 0 Å². The molecule has 0 heterocycles. The van der Waals surface area contributed by atoms with Crippen molar-refractivity contribution in [3.8, 4) is 0 Å². The molecule has 1 rings (SSSR count). The summed E-state index contributed by atoms with van der Waals surface area (Å²) in [7, 11) is 0. The van der Waals surface area contributed by atoms with Gasteiger partial charge < -0.3 is 0 Å². The first kappa shape index (κ1) is 75.2. The Hall–Kier alpha value is -0.780. The summed E-state index contributed by atoms with van der Waals surface area (Å²) in [6, 6.07) is 5.33. The monoisotopic (exact) mass is 1090 g/mol. The molecule has 1 radical (unpaired) electrons. The number of hydrogen-bond donors (Lipinski definition) is 0. The van der Waals surface area contributed by atoms with Crippen LogP contribution in [-0.2, 0) is 25.7 Å². The number of hydrogen-bond acceptors (Lipinski definition) is 0. The summed E-state index contributed by atoms with van der Waals surface area (Å²) >= 11 is 0. The van der Waals surface area contributed by atoms with Gasteiger partial charge in [0.05, 0.1) is 0 Å². The quantitative estimate of drug-likeness (QED) is 0.0571. The molecule has 0 unspecified atom stereocenters. The minimum atomic E-state index is 1.02. The summed E-state index contributed by atoms with van der Waals surface area (Å²) in [5, 5.41) is 0. The summed E-state index contributed by atoms with van der Waals surface area (Å²) in [5.74, 6) is 0. The largest absolute Gasteiger partial charge is 0.0654 e. The molecule has 1 aromatic carbocycles. The molecule has 0 saturated carbocycles. The summed E-state index contributed by atoms with van der Waals surface area (Å²) in [6.45, 7) is 11.3. The Kier molecular flexibility index (Phi) is 63.1. The maximum atomic E-state index is 4.31. The molecule has 78 heavy (non-hydrogen) atoms. The molecule has 1 aromatic rings. The van der Waals surface area contributed by atoms with Crippen LogP contribution in [0.2, 0.25) is 0 Å². The van der Waals surface area contributed by atoms with Crippen LogP contribution in [0.25, 0.3) is 0 Å². The number of rotatable bonds is 68. The molecule has 0 fully saturated rings. The lowest BCUT2D eigenvalue weighted by molar-refractivity contribution is 0.519. The van der Waals surface area contributed by atoms with Crippen molar-refractivity contribution in [2.75, 3.05) is 0 Å². The van der Waals surface area contributed by atoms with E-state index < -0.39 is 0 Å². The smallest absolute Gasteiger partial charge is 0.0273 e. The van der Waals surface area contributed by atoms with E-state index >= 15 is 0 Å². The summed E-state index contributed by atoms with van der Waals surface area (Å²) in [5.41, 5.74) is 6.86. The van der Waals surface area contributed by atoms with Gasteiger partial charge in [-0.3, -0.25) is 0 Å². The predicted octanol–water partition coefficient (Wildman–Crippen LogP) is 28.7. The van der Waals surface area contributed by atoms with E-state index in [1.807, 2.05) is 0 Å². The lowest BCUT2D eigenvalue weighted by Crippen LogP contribution is -2.04. The fraction of sp³-hybridized carbons (Fsp3) is 0.910. The zero-order valence-electron chi connectivity index (χ0n) is 54.9. The number of aryl methyl sites for hydroxylation is 3. The summed E-state index contributed by atoms with van der Waals surface area (Å²) in [6.07, 6.45) is 98.2. The van der Waals surface area contributed by atoms with Gasteiger partial charge in [0.15, 0.2) is 0 Å². The summed E-state index contributed by atoms with van der Waals surface area (Å²) in [4.78, 5) is 0. The Morgan fingerprint density at radius 2 is 0.346 bits per heavy atom. The van der Waals surface area contributed by atoms with Crippen LogP contribution in [-0.4, -0.2) is 0 Å². The van der Waals surface area contributed by atoms with Gasteiger partial charge in [0.1, 0.15) is 0 Å². The van der Waals surface area contributed by atoms with E-state index in [4.69, 9.17) is 0 Å². The average Bonchev–Trinajstić information content (AvgIpc) is 3.47. The van der Waals surface area contributed by atoms with E-state index in [9.17, 15) is 0 Å². The first-order chi connectivity index (χ1) is 38.8. The molecular formula is C78H149. The fourth-order valence-electron chi connectivity index (χ4n) is 13.2. The molecule has 0 aromatic heterocycles. The first-order valence-electron chi connectivity index (χ1n) is 37.7. The van der Waals surface area contributed by atoms with Gasteiger partial charge in [-0.25, -0.2) is 0 Å². The van der Waals surface area contributed by atoms with Gasteiger partial charge in [0, 0.05) is 0 Å². The van der Waals surface area contributed by atoms with Crippen molar-refractivity contribution in [3.63, 3.8) is 0 Å². The van der Waals surface area contributed by atoms with E-state index in [1.54, 1.807) is 22.3 Å². The van der Waals surface area contributed by atoms with Crippen molar-refractivity contribution in [2.45, 2.75) is 457 Å². The predicted molar refractivity (Wildman–Crippen MR) is 359 cm³/mol. The van der Waals surface area contributed by atoms with Gasteiger partial charge in [-0.1, -0.05) is 425 Å². The Balaban J connectivity index is 2.39. The van der Waals surface area contributed by atoms with E-state index in [2.05, 4.69) is 39.8 Å². The highest BCUT2D eigenvalue weighted by Crippen LogP contribution is 2.27. The molecule has 0 nitrogen and oxygen atoms in total. The molecule has 0 saturated heterocycles. The van der Waals surface area contributed by atoms with Crippen LogP contribution in [0.5, 0.6) is 0 Å².